The van der Waals surface area contributed by atoms with E-state index in [4.69, 9.17) is 4.74 Å². The summed E-state index contributed by atoms with van der Waals surface area (Å²) in [6, 6.07) is 22.6. The highest BCUT2D eigenvalue weighted by molar-refractivity contribution is 5.94. The topological polar surface area (TPSA) is 73.9 Å². The van der Waals surface area contributed by atoms with Gasteiger partial charge in [0, 0.05) is 37.6 Å². The molecule has 0 bridgehead atoms. The highest BCUT2D eigenvalue weighted by atomic mass is 16.5. The normalized spacial score (nSPS) is 15.2. The second kappa shape index (κ2) is 11.8. The number of para-hydroxylation sites is 1. The predicted octanol–water partition coefficient (Wildman–Crippen LogP) is 4.68. The minimum atomic E-state index is -0.267. The van der Waals surface area contributed by atoms with Crippen LogP contribution >= 0.6 is 0 Å². The standard InChI is InChI=1S/C29H34N4O3/c1-21-8-7-11-27(22(21)2)31-28(34)20-32-16-18-33(19-17-32)23(3)29(35)30-24-12-14-26(15-13-24)36-25-9-5-4-6-10-25/h4-15,23H,16-20H2,1-3H3,(H,30,35)(H,31,34). The van der Waals surface area contributed by atoms with E-state index in [-0.39, 0.29) is 17.9 Å². The largest absolute Gasteiger partial charge is 0.457 e. The van der Waals surface area contributed by atoms with Crippen molar-refractivity contribution in [2.24, 2.45) is 0 Å². The fourth-order valence-electron chi connectivity index (χ4n) is 4.23. The first-order valence-corrected chi connectivity index (χ1v) is 12.4. The lowest BCUT2D eigenvalue weighted by Gasteiger charge is -2.37. The molecule has 3 aromatic carbocycles. The smallest absolute Gasteiger partial charge is 0.241 e. The molecule has 2 N–H and O–H groups in total. The van der Waals surface area contributed by atoms with E-state index >= 15 is 0 Å². The van der Waals surface area contributed by atoms with E-state index in [1.165, 1.54) is 0 Å². The van der Waals surface area contributed by atoms with Crippen LogP contribution < -0.4 is 15.4 Å². The van der Waals surface area contributed by atoms with Crippen LogP contribution in [0.4, 0.5) is 11.4 Å². The van der Waals surface area contributed by atoms with Crippen molar-refractivity contribution >= 4 is 23.2 Å². The van der Waals surface area contributed by atoms with E-state index in [2.05, 4.69) is 20.4 Å². The summed E-state index contributed by atoms with van der Waals surface area (Å²) in [4.78, 5) is 29.7. The number of hydrogen-bond acceptors (Lipinski definition) is 5. The van der Waals surface area contributed by atoms with Gasteiger partial charge in [-0.1, -0.05) is 30.3 Å². The predicted molar refractivity (Wildman–Crippen MR) is 144 cm³/mol. The average molecular weight is 487 g/mol. The molecule has 36 heavy (non-hydrogen) atoms. The maximum Gasteiger partial charge on any atom is 0.241 e. The van der Waals surface area contributed by atoms with Crippen molar-refractivity contribution in [2.75, 3.05) is 43.4 Å². The van der Waals surface area contributed by atoms with Crippen LogP contribution in [-0.2, 0) is 9.59 Å². The fourth-order valence-corrected chi connectivity index (χ4v) is 4.23. The molecule has 1 atom stereocenters. The van der Waals surface area contributed by atoms with Crippen molar-refractivity contribution in [1.82, 2.24) is 9.80 Å². The average Bonchev–Trinajstić information content (AvgIpc) is 2.88. The van der Waals surface area contributed by atoms with E-state index < -0.39 is 0 Å². The first-order chi connectivity index (χ1) is 17.4. The molecule has 1 fully saturated rings. The fraction of sp³-hybridized carbons (Fsp3) is 0.310. The molecular formula is C29H34N4O3. The van der Waals surface area contributed by atoms with Crippen LogP contribution in [0.1, 0.15) is 18.1 Å². The summed E-state index contributed by atoms with van der Waals surface area (Å²) in [5.74, 6) is 1.42. The number of amides is 2. The number of carbonyl (C=O) groups is 2. The molecular weight excluding hydrogens is 452 g/mol. The van der Waals surface area contributed by atoms with Crippen LogP contribution in [0.5, 0.6) is 11.5 Å². The lowest BCUT2D eigenvalue weighted by Crippen LogP contribution is -2.53. The molecule has 1 aliphatic rings. The Hall–Kier alpha value is -3.68. The van der Waals surface area contributed by atoms with Gasteiger partial charge in [-0.3, -0.25) is 19.4 Å². The van der Waals surface area contributed by atoms with Crippen molar-refractivity contribution in [3.05, 3.63) is 83.9 Å². The van der Waals surface area contributed by atoms with Crippen LogP contribution in [0, 0.1) is 13.8 Å². The van der Waals surface area contributed by atoms with Gasteiger partial charge in [0.15, 0.2) is 0 Å². The Balaban J connectivity index is 1.22. The summed E-state index contributed by atoms with van der Waals surface area (Å²) in [7, 11) is 0. The van der Waals surface area contributed by atoms with E-state index in [0.29, 0.717) is 12.3 Å². The lowest BCUT2D eigenvalue weighted by molar-refractivity contribution is -0.122. The van der Waals surface area contributed by atoms with Gasteiger partial charge < -0.3 is 15.4 Å². The SMILES string of the molecule is Cc1cccc(NC(=O)CN2CCN(C(C)C(=O)Nc3ccc(Oc4ccccc4)cc3)CC2)c1C. The molecule has 1 aliphatic heterocycles. The molecule has 188 valence electrons. The molecule has 1 heterocycles. The molecule has 0 radical (unpaired) electrons. The number of piperazine rings is 1. The number of aryl methyl sites for hydroxylation is 1. The second-order valence-corrected chi connectivity index (χ2v) is 9.21. The van der Waals surface area contributed by atoms with Crippen molar-refractivity contribution in [3.63, 3.8) is 0 Å². The van der Waals surface area contributed by atoms with E-state index in [1.807, 2.05) is 93.6 Å². The number of hydrogen-bond donors (Lipinski definition) is 2. The van der Waals surface area contributed by atoms with Gasteiger partial charge in [0.05, 0.1) is 12.6 Å². The number of carbonyl (C=O) groups excluding carboxylic acids is 2. The van der Waals surface area contributed by atoms with Gasteiger partial charge in [-0.25, -0.2) is 0 Å². The van der Waals surface area contributed by atoms with Gasteiger partial charge >= 0.3 is 0 Å². The number of benzene rings is 3. The Morgan fingerprint density at radius 2 is 1.50 bits per heavy atom. The molecule has 0 saturated carbocycles. The van der Waals surface area contributed by atoms with Gasteiger partial charge in [-0.2, -0.15) is 0 Å². The summed E-state index contributed by atoms with van der Waals surface area (Å²) in [6.07, 6.45) is 0. The van der Waals surface area contributed by atoms with E-state index in [1.54, 1.807) is 0 Å². The third-order valence-corrected chi connectivity index (χ3v) is 6.68. The van der Waals surface area contributed by atoms with Crippen LogP contribution in [-0.4, -0.2) is 60.4 Å². The van der Waals surface area contributed by atoms with Gasteiger partial charge in [0.1, 0.15) is 11.5 Å². The molecule has 7 heteroatoms. The molecule has 0 aliphatic carbocycles. The van der Waals surface area contributed by atoms with Crippen molar-refractivity contribution in [1.29, 1.82) is 0 Å². The lowest BCUT2D eigenvalue weighted by atomic mass is 10.1. The minimum Gasteiger partial charge on any atom is -0.457 e. The number of rotatable bonds is 8. The molecule has 2 amide bonds. The van der Waals surface area contributed by atoms with Crippen LogP contribution in [0.25, 0.3) is 0 Å². The highest BCUT2D eigenvalue weighted by Crippen LogP contribution is 2.23. The summed E-state index contributed by atoms with van der Waals surface area (Å²) in [5, 5.41) is 6.02. The third-order valence-electron chi connectivity index (χ3n) is 6.68. The Morgan fingerprint density at radius 1 is 0.833 bits per heavy atom. The quantitative estimate of drug-likeness (QED) is 0.484. The Labute approximate surface area is 213 Å². The second-order valence-electron chi connectivity index (χ2n) is 9.21. The molecule has 7 nitrogen and oxygen atoms in total. The number of nitrogens with one attached hydrogen (secondary N) is 2. The van der Waals surface area contributed by atoms with Crippen LogP contribution in [0.3, 0.4) is 0 Å². The zero-order valence-corrected chi connectivity index (χ0v) is 21.2. The zero-order valence-electron chi connectivity index (χ0n) is 21.2. The monoisotopic (exact) mass is 486 g/mol. The first-order valence-electron chi connectivity index (χ1n) is 12.4. The molecule has 4 rings (SSSR count). The molecule has 3 aromatic rings. The first kappa shape index (κ1) is 25.4. The maximum absolute atomic E-state index is 12.8. The van der Waals surface area contributed by atoms with E-state index in [9.17, 15) is 9.59 Å². The minimum absolute atomic E-state index is 0.0115. The number of anilines is 2. The van der Waals surface area contributed by atoms with Crippen molar-refractivity contribution < 1.29 is 14.3 Å². The molecule has 0 spiro atoms. The zero-order chi connectivity index (χ0) is 25.5. The molecule has 0 aromatic heterocycles. The number of ether oxygens (including phenoxy) is 1. The number of nitrogens with zero attached hydrogens (tertiary/aromatic N) is 2. The summed E-state index contributed by atoms with van der Waals surface area (Å²) < 4.78 is 5.81. The van der Waals surface area contributed by atoms with Gasteiger partial charge in [-0.15, -0.1) is 0 Å². The molecule has 1 saturated heterocycles. The van der Waals surface area contributed by atoms with Gasteiger partial charge in [-0.05, 0) is 74.4 Å². The van der Waals surface area contributed by atoms with Crippen molar-refractivity contribution in [3.8, 4) is 11.5 Å². The summed E-state index contributed by atoms with van der Waals surface area (Å²) in [6.45, 7) is 9.27. The Bertz CT molecular complexity index is 1170. The van der Waals surface area contributed by atoms with Crippen LogP contribution in [0.15, 0.2) is 72.8 Å². The Morgan fingerprint density at radius 3 is 2.19 bits per heavy atom. The van der Waals surface area contributed by atoms with Crippen LogP contribution in [0.2, 0.25) is 0 Å². The third kappa shape index (κ3) is 6.71. The van der Waals surface area contributed by atoms with Gasteiger partial charge in [0.2, 0.25) is 11.8 Å². The van der Waals surface area contributed by atoms with Crippen molar-refractivity contribution in [2.45, 2.75) is 26.8 Å². The molecule has 1 unspecified atom stereocenters. The van der Waals surface area contributed by atoms with E-state index in [0.717, 1.165) is 54.4 Å². The maximum atomic E-state index is 12.8. The summed E-state index contributed by atoms with van der Waals surface area (Å²) >= 11 is 0. The summed E-state index contributed by atoms with van der Waals surface area (Å²) in [5.41, 5.74) is 3.84. The van der Waals surface area contributed by atoms with Gasteiger partial charge in [0.25, 0.3) is 0 Å². The Kier molecular flexibility index (Phi) is 8.36. The highest BCUT2D eigenvalue weighted by Gasteiger charge is 2.26.